The summed E-state index contributed by atoms with van der Waals surface area (Å²) in [5.74, 6) is -1.22. The highest BCUT2D eigenvalue weighted by Gasteiger charge is 2.42. The summed E-state index contributed by atoms with van der Waals surface area (Å²) in [7, 11) is 0.780. The Labute approximate surface area is 122 Å². The Morgan fingerprint density at radius 2 is 1.18 bits per heavy atom. The fourth-order valence-electron chi connectivity index (χ4n) is 2.07. The zero-order valence-electron chi connectivity index (χ0n) is 11.2. The number of halogens is 6. The van der Waals surface area contributed by atoms with Crippen LogP contribution in [-0.2, 0) is 12.4 Å². The molecule has 22 heavy (non-hydrogen) atoms. The van der Waals surface area contributed by atoms with Crippen molar-refractivity contribution >= 4 is 0 Å². The number of rotatable bonds is 2. The summed E-state index contributed by atoms with van der Waals surface area (Å²) >= 11 is 0. The molecule has 2 aromatic carbocycles. The maximum atomic E-state index is 13.1. The number of hydrogen-bond donors (Lipinski definition) is 0. The molecule has 0 aliphatic heterocycles. The quantitative estimate of drug-likeness (QED) is 0.673. The lowest BCUT2D eigenvalue weighted by molar-refractivity contribution is -0.145. The lowest BCUT2D eigenvalue weighted by Gasteiger charge is -2.19. The summed E-state index contributed by atoms with van der Waals surface area (Å²) in [6.45, 7) is 0. The standard InChI is InChI=1S/C15H10F6O/c1-22-13-11(14(16,17)18)7-10(8-12(13)15(19,20)21)9-5-3-2-4-6-9/h2-8H,1H3. The molecule has 0 radical (unpaired) electrons. The first-order valence-electron chi connectivity index (χ1n) is 6.06. The van der Waals surface area contributed by atoms with Gasteiger partial charge in [0.15, 0.2) is 0 Å². The molecule has 0 spiro atoms. The molecule has 2 aromatic rings. The fourth-order valence-corrected chi connectivity index (χ4v) is 2.07. The van der Waals surface area contributed by atoms with Crippen molar-refractivity contribution in [2.24, 2.45) is 0 Å². The molecule has 0 N–H and O–H groups in total. The second kappa shape index (κ2) is 5.55. The van der Waals surface area contributed by atoms with E-state index in [1.807, 2.05) is 0 Å². The molecule has 118 valence electrons. The predicted octanol–water partition coefficient (Wildman–Crippen LogP) is 5.40. The van der Waals surface area contributed by atoms with E-state index in [9.17, 15) is 26.3 Å². The van der Waals surface area contributed by atoms with Gasteiger partial charge in [0.05, 0.1) is 18.2 Å². The van der Waals surface area contributed by atoms with Gasteiger partial charge in [-0.25, -0.2) is 0 Å². The van der Waals surface area contributed by atoms with Crippen LogP contribution >= 0.6 is 0 Å². The van der Waals surface area contributed by atoms with Crippen molar-refractivity contribution in [1.29, 1.82) is 0 Å². The molecule has 0 saturated heterocycles. The van der Waals surface area contributed by atoms with E-state index in [0.29, 0.717) is 12.1 Å². The van der Waals surface area contributed by atoms with Crippen LogP contribution < -0.4 is 4.74 Å². The van der Waals surface area contributed by atoms with Crippen LogP contribution in [0.2, 0.25) is 0 Å². The van der Waals surface area contributed by atoms with Gasteiger partial charge in [-0.2, -0.15) is 26.3 Å². The molecular weight excluding hydrogens is 310 g/mol. The first kappa shape index (κ1) is 16.2. The summed E-state index contributed by atoms with van der Waals surface area (Å²) in [5, 5.41) is 0. The van der Waals surface area contributed by atoms with E-state index in [1.54, 1.807) is 6.07 Å². The maximum Gasteiger partial charge on any atom is 0.420 e. The van der Waals surface area contributed by atoms with E-state index in [-0.39, 0.29) is 11.1 Å². The molecule has 0 saturated carbocycles. The molecule has 0 fully saturated rings. The first-order chi connectivity index (χ1) is 10.1. The largest absolute Gasteiger partial charge is 0.495 e. The number of alkyl halides is 6. The summed E-state index contributed by atoms with van der Waals surface area (Å²) in [6, 6.07) is 8.85. The zero-order chi connectivity index (χ0) is 16.5. The second-order valence-electron chi connectivity index (χ2n) is 4.47. The Morgan fingerprint density at radius 3 is 1.55 bits per heavy atom. The van der Waals surface area contributed by atoms with Gasteiger partial charge in [-0.15, -0.1) is 0 Å². The molecule has 0 atom stereocenters. The second-order valence-corrected chi connectivity index (χ2v) is 4.47. The van der Waals surface area contributed by atoms with Crippen LogP contribution in [0, 0.1) is 0 Å². The van der Waals surface area contributed by atoms with E-state index in [0.717, 1.165) is 7.11 Å². The van der Waals surface area contributed by atoms with Gasteiger partial charge < -0.3 is 4.74 Å². The normalized spacial score (nSPS) is 12.3. The van der Waals surface area contributed by atoms with Crippen molar-refractivity contribution in [2.75, 3.05) is 7.11 Å². The summed E-state index contributed by atoms with van der Waals surface area (Å²) < 4.78 is 82.7. The lowest BCUT2D eigenvalue weighted by Crippen LogP contribution is -2.14. The van der Waals surface area contributed by atoms with Crippen LogP contribution in [0.3, 0.4) is 0 Å². The molecule has 0 aliphatic rings. The van der Waals surface area contributed by atoms with Gasteiger partial charge >= 0.3 is 12.4 Å². The number of hydrogen-bond acceptors (Lipinski definition) is 1. The molecule has 0 unspecified atom stereocenters. The van der Waals surface area contributed by atoms with Gasteiger partial charge in [-0.05, 0) is 23.3 Å². The van der Waals surface area contributed by atoms with Gasteiger partial charge in [-0.3, -0.25) is 0 Å². The fraction of sp³-hybridized carbons (Fsp3) is 0.200. The van der Waals surface area contributed by atoms with Crippen LogP contribution in [0.25, 0.3) is 11.1 Å². The van der Waals surface area contributed by atoms with E-state index >= 15 is 0 Å². The minimum atomic E-state index is -4.96. The van der Waals surface area contributed by atoms with Crippen LogP contribution in [0.4, 0.5) is 26.3 Å². The minimum Gasteiger partial charge on any atom is -0.495 e. The van der Waals surface area contributed by atoms with Gasteiger partial charge in [0.1, 0.15) is 5.75 Å². The Morgan fingerprint density at radius 1 is 0.727 bits per heavy atom. The molecule has 0 amide bonds. The third kappa shape index (κ3) is 3.18. The Hall–Kier alpha value is -2.18. The van der Waals surface area contributed by atoms with Crippen molar-refractivity contribution < 1.29 is 31.1 Å². The third-order valence-electron chi connectivity index (χ3n) is 3.01. The smallest absolute Gasteiger partial charge is 0.420 e. The van der Waals surface area contributed by atoms with Crippen molar-refractivity contribution in [3.63, 3.8) is 0 Å². The molecule has 0 aromatic heterocycles. The summed E-state index contributed by atoms with van der Waals surface area (Å²) in [4.78, 5) is 0. The summed E-state index contributed by atoms with van der Waals surface area (Å²) in [5.41, 5.74) is -2.84. The Bertz CT molecular complexity index is 623. The Balaban J connectivity index is 2.79. The Kier molecular flexibility index (Phi) is 4.08. The van der Waals surface area contributed by atoms with Crippen LogP contribution in [0.5, 0.6) is 5.75 Å². The average molecular weight is 320 g/mol. The monoisotopic (exact) mass is 320 g/mol. The molecule has 1 nitrogen and oxygen atoms in total. The van der Waals surface area contributed by atoms with Gasteiger partial charge in [0, 0.05) is 0 Å². The molecule has 2 rings (SSSR count). The van der Waals surface area contributed by atoms with Crippen LogP contribution in [0.1, 0.15) is 11.1 Å². The summed E-state index contributed by atoms with van der Waals surface area (Å²) in [6.07, 6.45) is -9.92. The molecule has 7 heteroatoms. The number of benzene rings is 2. The van der Waals surface area contributed by atoms with Crippen molar-refractivity contribution in [3.8, 4) is 16.9 Å². The average Bonchev–Trinajstić information content (AvgIpc) is 2.45. The number of methoxy groups -OCH3 is 1. The SMILES string of the molecule is COc1c(C(F)(F)F)cc(-c2ccccc2)cc1C(F)(F)F. The molecule has 0 aliphatic carbocycles. The van der Waals surface area contributed by atoms with Crippen molar-refractivity contribution in [3.05, 3.63) is 53.6 Å². The lowest BCUT2D eigenvalue weighted by atomic mass is 9.98. The molecular formula is C15H10F6O. The molecule has 0 bridgehead atoms. The highest BCUT2D eigenvalue weighted by Crippen LogP contribution is 2.46. The van der Waals surface area contributed by atoms with Crippen LogP contribution in [0.15, 0.2) is 42.5 Å². The maximum absolute atomic E-state index is 13.1. The first-order valence-corrected chi connectivity index (χ1v) is 6.06. The van der Waals surface area contributed by atoms with Crippen LogP contribution in [-0.4, -0.2) is 7.11 Å². The van der Waals surface area contributed by atoms with E-state index < -0.39 is 29.2 Å². The highest BCUT2D eigenvalue weighted by atomic mass is 19.4. The van der Waals surface area contributed by atoms with Crippen molar-refractivity contribution in [2.45, 2.75) is 12.4 Å². The van der Waals surface area contributed by atoms with Crippen molar-refractivity contribution in [1.82, 2.24) is 0 Å². The number of ether oxygens (including phenoxy) is 1. The van der Waals surface area contributed by atoms with E-state index in [4.69, 9.17) is 0 Å². The van der Waals surface area contributed by atoms with E-state index in [1.165, 1.54) is 24.3 Å². The third-order valence-corrected chi connectivity index (χ3v) is 3.01. The highest BCUT2D eigenvalue weighted by molar-refractivity contribution is 5.68. The minimum absolute atomic E-state index is 0.180. The topological polar surface area (TPSA) is 9.23 Å². The molecule has 0 heterocycles. The zero-order valence-corrected chi connectivity index (χ0v) is 11.2. The van der Waals surface area contributed by atoms with Gasteiger partial charge in [-0.1, -0.05) is 30.3 Å². The van der Waals surface area contributed by atoms with E-state index in [2.05, 4.69) is 4.74 Å². The predicted molar refractivity (Wildman–Crippen MR) is 68.4 cm³/mol. The van der Waals surface area contributed by atoms with Gasteiger partial charge in [0.25, 0.3) is 0 Å². The van der Waals surface area contributed by atoms with Gasteiger partial charge in [0.2, 0.25) is 0 Å².